The third-order valence-electron chi connectivity index (χ3n) is 6.33. The Morgan fingerprint density at radius 3 is 2.38 bits per heavy atom. The molecule has 1 aliphatic carbocycles. The lowest BCUT2D eigenvalue weighted by Gasteiger charge is -2.36. The zero-order valence-corrected chi connectivity index (χ0v) is 17.0. The number of carboxylic acids is 1. The molecule has 2 unspecified atom stereocenters. The number of hydrogen-bond donors (Lipinski definition) is 1. The molecule has 1 aliphatic heterocycles. The molecule has 1 aromatic heterocycles. The number of carboxylic acid groups (broad SMARTS) is 1. The molecular weight excluding hydrogens is 387 g/mol. The molecule has 1 amide bonds. The number of carbonyl (C=O) groups is 2. The Morgan fingerprint density at radius 2 is 1.90 bits per heavy atom. The van der Waals surface area contributed by atoms with Gasteiger partial charge in [-0.2, -0.15) is 13.2 Å². The Kier molecular flexibility index (Phi) is 7.71. The van der Waals surface area contributed by atoms with Crippen LogP contribution in [0, 0.1) is 11.3 Å². The monoisotopic (exact) mass is 417 g/mol. The van der Waals surface area contributed by atoms with Gasteiger partial charge in [-0.15, -0.1) is 0 Å². The molecule has 0 radical (unpaired) electrons. The van der Waals surface area contributed by atoms with Gasteiger partial charge >= 0.3 is 12.1 Å². The highest BCUT2D eigenvalue weighted by Gasteiger charge is 2.56. The van der Waals surface area contributed by atoms with Crippen molar-refractivity contribution in [3.8, 4) is 0 Å². The van der Waals surface area contributed by atoms with Crippen molar-refractivity contribution in [3.63, 3.8) is 0 Å². The SMILES string of the molecule is CCC1(CC)CC1C(=O)N1CCCCC1CCn1ccnc1.O=C(O)C(F)(F)F. The molecule has 2 aliphatic rings. The minimum Gasteiger partial charge on any atom is -0.475 e. The molecule has 9 heteroatoms. The van der Waals surface area contributed by atoms with E-state index in [-0.39, 0.29) is 0 Å². The molecule has 29 heavy (non-hydrogen) atoms. The van der Waals surface area contributed by atoms with Crippen molar-refractivity contribution in [2.24, 2.45) is 11.3 Å². The zero-order valence-electron chi connectivity index (χ0n) is 17.0. The van der Waals surface area contributed by atoms with Crippen LogP contribution in [0.4, 0.5) is 13.2 Å². The summed E-state index contributed by atoms with van der Waals surface area (Å²) in [6, 6.07) is 0.427. The van der Waals surface area contributed by atoms with Crippen LogP contribution in [-0.2, 0) is 16.1 Å². The van der Waals surface area contributed by atoms with Crippen molar-refractivity contribution < 1.29 is 27.9 Å². The fourth-order valence-electron chi connectivity index (χ4n) is 4.24. The van der Waals surface area contributed by atoms with Crippen LogP contribution in [0.3, 0.4) is 0 Å². The summed E-state index contributed by atoms with van der Waals surface area (Å²) >= 11 is 0. The van der Waals surface area contributed by atoms with E-state index in [1.165, 1.54) is 19.3 Å². The number of halogens is 3. The van der Waals surface area contributed by atoms with Crippen LogP contribution < -0.4 is 0 Å². The van der Waals surface area contributed by atoms with Crippen LogP contribution >= 0.6 is 0 Å². The van der Waals surface area contributed by atoms with Crippen molar-refractivity contribution in [2.45, 2.75) is 77.6 Å². The second kappa shape index (κ2) is 9.63. The number of carbonyl (C=O) groups excluding carboxylic acids is 1. The Morgan fingerprint density at radius 1 is 1.24 bits per heavy atom. The summed E-state index contributed by atoms with van der Waals surface area (Å²) in [6.45, 7) is 6.41. The maximum absolute atomic E-state index is 13.0. The summed E-state index contributed by atoms with van der Waals surface area (Å²) in [5, 5.41) is 7.12. The highest BCUT2D eigenvalue weighted by Crippen LogP contribution is 2.58. The van der Waals surface area contributed by atoms with E-state index in [0.717, 1.165) is 38.8 Å². The summed E-state index contributed by atoms with van der Waals surface area (Å²) < 4.78 is 33.9. The molecule has 1 saturated heterocycles. The molecule has 6 nitrogen and oxygen atoms in total. The van der Waals surface area contributed by atoms with Gasteiger partial charge in [-0.25, -0.2) is 9.78 Å². The number of hydrogen-bond acceptors (Lipinski definition) is 3. The molecule has 2 heterocycles. The minimum absolute atomic E-state index is 0.302. The van der Waals surface area contributed by atoms with Crippen molar-refractivity contribution in [1.82, 2.24) is 14.5 Å². The van der Waals surface area contributed by atoms with E-state index < -0.39 is 12.1 Å². The third-order valence-corrected chi connectivity index (χ3v) is 6.33. The molecule has 0 bridgehead atoms. The number of imidazole rings is 1. The van der Waals surface area contributed by atoms with E-state index in [0.29, 0.717) is 23.3 Å². The number of amides is 1. The van der Waals surface area contributed by atoms with E-state index in [4.69, 9.17) is 9.90 Å². The summed E-state index contributed by atoms with van der Waals surface area (Å²) in [6.07, 6.45) is 8.68. The van der Waals surface area contributed by atoms with Crippen molar-refractivity contribution >= 4 is 11.9 Å². The number of alkyl halides is 3. The van der Waals surface area contributed by atoms with Crippen molar-refractivity contribution in [2.75, 3.05) is 6.54 Å². The Labute approximate surface area is 169 Å². The normalized spacial score (nSPS) is 23.1. The first-order chi connectivity index (χ1) is 13.6. The number of nitrogens with zero attached hydrogens (tertiary/aromatic N) is 3. The number of rotatable bonds is 6. The maximum atomic E-state index is 13.0. The van der Waals surface area contributed by atoms with Crippen LogP contribution in [0.1, 0.15) is 58.8 Å². The van der Waals surface area contributed by atoms with E-state index in [1.54, 1.807) is 0 Å². The number of aliphatic carboxylic acids is 1. The zero-order chi connectivity index (χ0) is 21.7. The molecule has 164 valence electrons. The van der Waals surface area contributed by atoms with Crippen LogP contribution in [-0.4, -0.2) is 50.2 Å². The smallest absolute Gasteiger partial charge is 0.475 e. The maximum Gasteiger partial charge on any atom is 0.490 e. The topological polar surface area (TPSA) is 75.4 Å². The first-order valence-corrected chi connectivity index (χ1v) is 10.2. The fraction of sp³-hybridized carbons (Fsp3) is 0.750. The summed E-state index contributed by atoms with van der Waals surface area (Å²) in [4.78, 5) is 28.2. The van der Waals surface area contributed by atoms with Crippen molar-refractivity contribution in [3.05, 3.63) is 18.7 Å². The van der Waals surface area contributed by atoms with E-state index in [1.807, 2.05) is 18.7 Å². The van der Waals surface area contributed by atoms with Gasteiger partial charge in [0.25, 0.3) is 0 Å². The van der Waals surface area contributed by atoms with Gasteiger partial charge in [-0.3, -0.25) is 4.79 Å². The lowest BCUT2D eigenvalue weighted by molar-refractivity contribution is -0.192. The number of piperidine rings is 1. The Hall–Kier alpha value is -2.06. The highest BCUT2D eigenvalue weighted by atomic mass is 19.4. The molecule has 0 spiro atoms. The first kappa shape index (κ1) is 23.2. The van der Waals surface area contributed by atoms with Gasteiger partial charge in [0.15, 0.2) is 0 Å². The summed E-state index contributed by atoms with van der Waals surface area (Å²) in [5.41, 5.74) is 0.323. The predicted octanol–water partition coefficient (Wildman–Crippen LogP) is 4.11. The quantitative estimate of drug-likeness (QED) is 0.756. The highest BCUT2D eigenvalue weighted by molar-refractivity contribution is 5.83. The van der Waals surface area contributed by atoms with Gasteiger partial charge in [0, 0.05) is 37.4 Å². The Bertz CT molecular complexity index is 672. The fourth-order valence-corrected chi connectivity index (χ4v) is 4.24. The summed E-state index contributed by atoms with van der Waals surface area (Å²) in [5.74, 6) is -2.01. The molecule has 3 rings (SSSR count). The van der Waals surface area contributed by atoms with Gasteiger partial charge in [0.1, 0.15) is 0 Å². The van der Waals surface area contributed by atoms with Gasteiger partial charge in [0.05, 0.1) is 6.33 Å². The van der Waals surface area contributed by atoms with E-state index in [2.05, 4.69) is 28.3 Å². The Balaban J connectivity index is 0.000000370. The van der Waals surface area contributed by atoms with Gasteiger partial charge in [0.2, 0.25) is 5.91 Å². The average molecular weight is 417 g/mol. The molecule has 2 fully saturated rings. The molecule has 1 saturated carbocycles. The van der Waals surface area contributed by atoms with Crippen LogP contribution in [0.15, 0.2) is 18.7 Å². The average Bonchev–Trinajstić information content (AvgIpc) is 3.20. The van der Waals surface area contributed by atoms with E-state index >= 15 is 0 Å². The largest absolute Gasteiger partial charge is 0.490 e. The minimum atomic E-state index is -5.08. The number of aromatic nitrogens is 2. The van der Waals surface area contributed by atoms with Gasteiger partial charge < -0.3 is 14.6 Å². The lowest BCUT2D eigenvalue weighted by atomic mass is 9.94. The molecule has 1 N–H and O–H groups in total. The standard InChI is InChI=1S/C18H29N3O.C2HF3O2/c1-3-18(4-2)13-16(18)17(22)21-10-6-5-7-15(21)8-11-20-12-9-19-14-20;3-2(4,5)1(6)7/h9,12,14-16H,3-8,10-11,13H2,1-2H3;(H,6,7). The van der Waals surface area contributed by atoms with Crippen LogP contribution in [0.25, 0.3) is 0 Å². The van der Waals surface area contributed by atoms with Crippen molar-refractivity contribution in [1.29, 1.82) is 0 Å². The summed E-state index contributed by atoms with van der Waals surface area (Å²) in [7, 11) is 0. The number of aryl methyl sites for hydroxylation is 1. The third kappa shape index (κ3) is 5.96. The lowest BCUT2D eigenvalue weighted by Crippen LogP contribution is -2.45. The first-order valence-electron chi connectivity index (χ1n) is 10.2. The van der Waals surface area contributed by atoms with Gasteiger partial charge in [-0.1, -0.05) is 13.8 Å². The van der Waals surface area contributed by atoms with Crippen LogP contribution in [0.5, 0.6) is 0 Å². The second-order valence-electron chi connectivity index (χ2n) is 7.90. The van der Waals surface area contributed by atoms with Gasteiger partial charge in [-0.05, 0) is 50.4 Å². The molecular formula is C20H30F3N3O3. The van der Waals surface area contributed by atoms with Crippen LogP contribution in [0.2, 0.25) is 0 Å². The molecule has 1 aromatic rings. The molecule has 0 aromatic carbocycles. The predicted molar refractivity (Wildman–Crippen MR) is 101 cm³/mol. The number of likely N-dealkylation sites (tertiary alicyclic amines) is 1. The second-order valence-corrected chi connectivity index (χ2v) is 7.90. The molecule has 2 atom stereocenters. The van der Waals surface area contributed by atoms with E-state index in [9.17, 15) is 18.0 Å².